The average molecular weight is 406 g/mol. The first-order valence-electron chi connectivity index (χ1n) is 9.20. The fourth-order valence-electron chi connectivity index (χ4n) is 3.41. The molecule has 0 radical (unpaired) electrons. The van der Waals surface area contributed by atoms with E-state index in [0.717, 1.165) is 6.07 Å². The standard InChI is InChI=1S/C21H21F3N2O3/c1-29-18-9-5-3-7-16(18)20(28)26-12-10-14(11-13-26)25-19(27)15-6-2-4-8-17(15)21(22,23)24/h2-9,14H,10-13H2,1H3,(H,25,27). The number of carbonyl (C=O) groups is 2. The topological polar surface area (TPSA) is 58.6 Å². The van der Waals surface area contributed by atoms with E-state index in [1.165, 1.54) is 25.3 Å². The van der Waals surface area contributed by atoms with Crippen LogP contribution in [0.15, 0.2) is 48.5 Å². The average Bonchev–Trinajstić information content (AvgIpc) is 2.73. The molecule has 1 fully saturated rings. The van der Waals surface area contributed by atoms with Crippen molar-refractivity contribution in [1.82, 2.24) is 10.2 Å². The summed E-state index contributed by atoms with van der Waals surface area (Å²) in [7, 11) is 1.49. The quantitative estimate of drug-likeness (QED) is 0.842. The van der Waals surface area contributed by atoms with Crippen molar-refractivity contribution in [3.05, 3.63) is 65.2 Å². The molecule has 1 N–H and O–H groups in total. The zero-order valence-corrected chi connectivity index (χ0v) is 15.8. The normalized spacial score (nSPS) is 15.1. The minimum Gasteiger partial charge on any atom is -0.496 e. The fourth-order valence-corrected chi connectivity index (χ4v) is 3.41. The number of piperidine rings is 1. The van der Waals surface area contributed by atoms with Crippen LogP contribution in [0, 0.1) is 0 Å². The van der Waals surface area contributed by atoms with Gasteiger partial charge in [-0.15, -0.1) is 0 Å². The highest BCUT2D eigenvalue weighted by Crippen LogP contribution is 2.32. The second-order valence-electron chi connectivity index (χ2n) is 6.78. The Morgan fingerprint density at radius 2 is 1.59 bits per heavy atom. The van der Waals surface area contributed by atoms with Crippen LogP contribution < -0.4 is 10.1 Å². The van der Waals surface area contributed by atoms with Crippen LogP contribution in [0.1, 0.15) is 39.1 Å². The van der Waals surface area contributed by atoms with E-state index < -0.39 is 23.2 Å². The predicted octanol–water partition coefficient (Wildman–Crippen LogP) is 3.75. The maximum Gasteiger partial charge on any atom is 0.417 e. The van der Waals surface area contributed by atoms with Crippen LogP contribution in [0.5, 0.6) is 5.75 Å². The highest BCUT2D eigenvalue weighted by atomic mass is 19.4. The van der Waals surface area contributed by atoms with Gasteiger partial charge in [-0.25, -0.2) is 0 Å². The van der Waals surface area contributed by atoms with Crippen molar-refractivity contribution in [2.45, 2.75) is 25.1 Å². The van der Waals surface area contributed by atoms with Gasteiger partial charge in [-0.3, -0.25) is 9.59 Å². The number of methoxy groups -OCH3 is 1. The number of hydrogen-bond acceptors (Lipinski definition) is 3. The zero-order chi connectivity index (χ0) is 21.0. The first-order chi connectivity index (χ1) is 13.8. The number of carbonyl (C=O) groups excluding carboxylic acids is 2. The van der Waals surface area contributed by atoms with Gasteiger partial charge in [-0.2, -0.15) is 13.2 Å². The smallest absolute Gasteiger partial charge is 0.417 e. The van der Waals surface area contributed by atoms with E-state index in [-0.39, 0.29) is 11.9 Å². The Kier molecular flexibility index (Phi) is 6.10. The van der Waals surface area contributed by atoms with Crippen molar-refractivity contribution in [3.8, 4) is 5.75 Å². The summed E-state index contributed by atoms with van der Waals surface area (Å²) in [6.07, 6.45) is -3.68. The largest absolute Gasteiger partial charge is 0.496 e. The first kappa shape index (κ1) is 20.7. The van der Waals surface area contributed by atoms with Crippen LogP contribution in [0.4, 0.5) is 13.2 Å². The summed E-state index contributed by atoms with van der Waals surface area (Å²) in [5.41, 5.74) is -0.898. The highest BCUT2D eigenvalue weighted by Gasteiger charge is 2.35. The van der Waals surface area contributed by atoms with Gasteiger partial charge in [0.25, 0.3) is 11.8 Å². The van der Waals surface area contributed by atoms with Crippen molar-refractivity contribution >= 4 is 11.8 Å². The predicted molar refractivity (Wildman–Crippen MR) is 101 cm³/mol. The van der Waals surface area contributed by atoms with Crippen LogP contribution in [-0.2, 0) is 6.18 Å². The van der Waals surface area contributed by atoms with Crippen LogP contribution in [0.25, 0.3) is 0 Å². The Morgan fingerprint density at radius 1 is 1.00 bits per heavy atom. The van der Waals surface area contributed by atoms with Crippen molar-refractivity contribution < 1.29 is 27.5 Å². The van der Waals surface area contributed by atoms with Gasteiger partial charge in [0.05, 0.1) is 23.8 Å². The number of nitrogens with one attached hydrogen (secondary N) is 1. The Bertz CT molecular complexity index is 891. The lowest BCUT2D eigenvalue weighted by atomic mass is 10.0. The molecular formula is C21H21F3N2O3. The van der Waals surface area contributed by atoms with Gasteiger partial charge in [0, 0.05) is 19.1 Å². The maximum absolute atomic E-state index is 13.1. The summed E-state index contributed by atoms with van der Waals surface area (Å²) in [5, 5.41) is 2.67. The maximum atomic E-state index is 13.1. The molecule has 1 heterocycles. The van der Waals surface area contributed by atoms with Crippen LogP contribution >= 0.6 is 0 Å². The van der Waals surface area contributed by atoms with Gasteiger partial charge in [0.2, 0.25) is 0 Å². The van der Waals surface area contributed by atoms with Crippen molar-refractivity contribution in [2.75, 3.05) is 20.2 Å². The Labute approximate surface area is 166 Å². The van der Waals surface area contributed by atoms with E-state index in [4.69, 9.17) is 4.74 Å². The summed E-state index contributed by atoms with van der Waals surface area (Å²) in [6.45, 7) is 0.783. The monoisotopic (exact) mass is 406 g/mol. The lowest BCUT2D eigenvalue weighted by Gasteiger charge is -2.32. The number of alkyl halides is 3. The van der Waals surface area contributed by atoms with Gasteiger partial charge in [-0.05, 0) is 37.1 Å². The Morgan fingerprint density at radius 3 is 2.21 bits per heavy atom. The van der Waals surface area contributed by atoms with E-state index in [2.05, 4.69) is 5.32 Å². The molecule has 2 amide bonds. The van der Waals surface area contributed by atoms with Crippen LogP contribution in [-0.4, -0.2) is 43.0 Å². The first-order valence-corrected chi connectivity index (χ1v) is 9.20. The number of ether oxygens (including phenoxy) is 1. The summed E-state index contributed by atoms with van der Waals surface area (Å²) in [5.74, 6) is -0.446. The molecule has 5 nitrogen and oxygen atoms in total. The third kappa shape index (κ3) is 4.70. The summed E-state index contributed by atoms with van der Waals surface area (Å²) in [4.78, 5) is 26.8. The minimum absolute atomic E-state index is 0.172. The molecule has 0 spiro atoms. The van der Waals surface area contributed by atoms with E-state index >= 15 is 0 Å². The molecular weight excluding hydrogens is 385 g/mol. The van der Waals surface area contributed by atoms with Crippen LogP contribution in [0.2, 0.25) is 0 Å². The SMILES string of the molecule is COc1ccccc1C(=O)N1CCC(NC(=O)c2ccccc2C(F)(F)F)CC1. The molecule has 0 bridgehead atoms. The lowest BCUT2D eigenvalue weighted by Crippen LogP contribution is -2.46. The molecule has 2 aromatic carbocycles. The van der Waals surface area contributed by atoms with Crippen molar-refractivity contribution in [3.63, 3.8) is 0 Å². The highest BCUT2D eigenvalue weighted by molar-refractivity contribution is 5.97. The van der Waals surface area contributed by atoms with Crippen molar-refractivity contribution in [1.29, 1.82) is 0 Å². The number of amides is 2. The number of nitrogens with zero attached hydrogens (tertiary/aromatic N) is 1. The molecule has 1 aliphatic rings. The lowest BCUT2D eigenvalue weighted by molar-refractivity contribution is -0.137. The Hall–Kier alpha value is -3.03. The zero-order valence-electron chi connectivity index (χ0n) is 15.8. The third-order valence-corrected chi connectivity index (χ3v) is 4.93. The second kappa shape index (κ2) is 8.55. The van der Waals surface area contributed by atoms with Gasteiger partial charge < -0.3 is 15.0 Å². The number of halogens is 3. The minimum atomic E-state index is -4.60. The molecule has 1 aliphatic heterocycles. The summed E-state index contributed by atoms with van der Waals surface area (Å²) < 4.78 is 44.6. The van der Waals surface area contributed by atoms with Crippen LogP contribution in [0.3, 0.4) is 0 Å². The Balaban J connectivity index is 1.62. The molecule has 0 atom stereocenters. The molecule has 29 heavy (non-hydrogen) atoms. The molecule has 0 aromatic heterocycles. The van der Waals surface area contributed by atoms with Gasteiger partial charge in [0.15, 0.2) is 0 Å². The summed E-state index contributed by atoms with van der Waals surface area (Å²) >= 11 is 0. The number of para-hydroxylation sites is 1. The van der Waals surface area contributed by atoms with E-state index in [0.29, 0.717) is 37.2 Å². The molecule has 8 heteroatoms. The second-order valence-corrected chi connectivity index (χ2v) is 6.78. The summed E-state index contributed by atoms with van der Waals surface area (Å²) in [6, 6.07) is 11.3. The van der Waals surface area contributed by atoms with Gasteiger partial charge >= 0.3 is 6.18 Å². The molecule has 3 rings (SSSR count). The van der Waals surface area contributed by atoms with E-state index in [1.807, 2.05) is 0 Å². The van der Waals surface area contributed by atoms with Gasteiger partial charge in [0.1, 0.15) is 5.75 Å². The number of benzene rings is 2. The number of likely N-dealkylation sites (tertiary alicyclic amines) is 1. The molecule has 0 aliphatic carbocycles. The van der Waals surface area contributed by atoms with Gasteiger partial charge in [-0.1, -0.05) is 24.3 Å². The molecule has 0 unspecified atom stereocenters. The fraction of sp³-hybridized carbons (Fsp3) is 0.333. The number of rotatable bonds is 4. The third-order valence-electron chi connectivity index (χ3n) is 4.93. The molecule has 154 valence electrons. The van der Waals surface area contributed by atoms with E-state index in [1.54, 1.807) is 29.2 Å². The van der Waals surface area contributed by atoms with E-state index in [9.17, 15) is 22.8 Å². The molecule has 2 aromatic rings. The number of hydrogen-bond donors (Lipinski definition) is 1. The molecule has 1 saturated heterocycles. The molecule has 0 saturated carbocycles. The van der Waals surface area contributed by atoms with Crippen molar-refractivity contribution in [2.24, 2.45) is 0 Å².